The van der Waals surface area contributed by atoms with Gasteiger partial charge in [0, 0.05) is 11.8 Å². The van der Waals surface area contributed by atoms with E-state index in [0.717, 1.165) is 12.8 Å². The lowest BCUT2D eigenvalue weighted by molar-refractivity contribution is -0.138. The van der Waals surface area contributed by atoms with E-state index in [-0.39, 0.29) is 23.4 Å². The summed E-state index contributed by atoms with van der Waals surface area (Å²) in [6.07, 6.45) is 1.87. The van der Waals surface area contributed by atoms with Crippen LogP contribution in [0.3, 0.4) is 0 Å². The third kappa shape index (κ3) is 1.19. The molecule has 2 nitrogen and oxygen atoms in total. The zero-order chi connectivity index (χ0) is 8.88. The van der Waals surface area contributed by atoms with Gasteiger partial charge in [-0.25, -0.2) is 0 Å². The van der Waals surface area contributed by atoms with Crippen LogP contribution in [0.1, 0.15) is 26.7 Å². The Morgan fingerprint density at radius 3 is 1.33 bits per heavy atom. The molecule has 0 saturated heterocycles. The lowest BCUT2D eigenvalue weighted by atomic mass is 10.1. The van der Waals surface area contributed by atoms with Crippen LogP contribution in [-0.4, -0.2) is 11.6 Å². The van der Waals surface area contributed by atoms with Gasteiger partial charge >= 0.3 is 0 Å². The fourth-order valence-electron chi connectivity index (χ4n) is 1.74. The van der Waals surface area contributed by atoms with Gasteiger partial charge in [0.1, 0.15) is 0 Å². The van der Waals surface area contributed by atoms with Crippen LogP contribution in [0.15, 0.2) is 0 Å². The normalized spacial score (nSPS) is 43.8. The predicted octanol–water partition coefficient (Wildman–Crippen LogP) is 1.44. The summed E-state index contributed by atoms with van der Waals surface area (Å²) in [5.74, 6) is 0.940. The standard InChI is InChI=1S/C10H14O2/c1-5-3-7(5)9(11)10(12)8-4-6(8)2/h5-8H,3-4H2,1-2H3. The molecule has 0 heterocycles. The van der Waals surface area contributed by atoms with Gasteiger partial charge in [-0.3, -0.25) is 9.59 Å². The van der Waals surface area contributed by atoms with E-state index in [1.165, 1.54) is 0 Å². The molecule has 2 aliphatic carbocycles. The second-order valence-corrected chi connectivity index (χ2v) is 4.37. The molecule has 12 heavy (non-hydrogen) atoms. The quantitative estimate of drug-likeness (QED) is 0.594. The van der Waals surface area contributed by atoms with E-state index in [9.17, 15) is 9.59 Å². The first-order chi connectivity index (χ1) is 5.61. The number of rotatable bonds is 3. The fraction of sp³-hybridized carbons (Fsp3) is 0.800. The average molecular weight is 166 g/mol. The van der Waals surface area contributed by atoms with Crippen molar-refractivity contribution in [1.29, 1.82) is 0 Å². The maximum absolute atomic E-state index is 11.4. The van der Waals surface area contributed by atoms with Crippen molar-refractivity contribution in [2.75, 3.05) is 0 Å². The van der Waals surface area contributed by atoms with E-state index in [1.807, 2.05) is 13.8 Å². The summed E-state index contributed by atoms with van der Waals surface area (Å²) in [4.78, 5) is 22.8. The summed E-state index contributed by atoms with van der Waals surface area (Å²) < 4.78 is 0. The molecule has 0 aromatic rings. The van der Waals surface area contributed by atoms with Crippen LogP contribution in [0.5, 0.6) is 0 Å². The molecule has 0 N–H and O–H groups in total. The highest BCUT2D eigenvalue weighted by atomic mass is 16.2. The van der Waals surface area contributed by atoms with E-state index >= 15 is 0 Å². The highest BCUT2D eigenvalue weighted by Gasteiger charge is 2.48. The Morgan fingerprint density at radius 2 is 1.17 bits per heavy atom. The molecule has 2 heteroatoms. The zero-order valence-electron chi connectivity index (χ0n) is 7.54. The van der Waals surface area contributed by atoms with E-state index in [0.29, 0.717) is 11.8 Å². The minimum atomic E-state index is -0.0862. The number of carbonyl (C=O) groups excluding carboxylic acids is 2. The van der Waals surface area contributed by atoms with Crippen molar-refractivity contribution in [3.8, 4) is 0 Å². The summed E-state index contributed by atoms with van der Waals surface area (Å²) in [7, 11) is 0. The SMILES string of the molecule is CC1CC1C(=O)C(=O)C1CC1C. The highest BCUT2D eigenvalue weighted by molar-refractivity contribution is 6.40. The minimum absolute atomic E-state index is 0.0862. The highest BCUT2D eigenvalue weighted by Crippen LogP contribution is 2.44. The Morgan fingerprint density at radius 1 is 0.917 bits per heavy atom. The molecule has 0 amide bonds. The molecule has 0 aromatic carbocycles. The van der Waals surface area contributed by atoms with Crippen molar-refractivity contribution in [3.05, 3.63) is 0 Å². The second kappa shape index (κ2) is 2.41. The van der Waals surface area contributed by atoms with Gasteiger partial charge in [0.25, 0.3) is 0 Å². The number of Topliss-reactive ketones (excluding diaryl/α,β-unsaturated/α-hetero) is 2. The van der Waals surface area contributed by atoms with Crippen molar-refractivity contribution in [1.82, 2.24) is 0 Å². The molecule has 0 radical (unpaired) electrons. The van der Waals surface area contributed by atoms with Gasteiger partial charge in [0.15, 0.2) is 0 Å². The van der Waals surface area contributed by atoms with Crippen molar-refractivity contribution in [2.24, 2.45) is 23.7 Å². The lowest BCUT2D eigenvalue weighted by Gasteiger charge is -1.94. The summed E-state index contributed by atoms with van der Waals surface area (Å²) in [5, 5.41) is 0. The third-order valence-corrected chi connectivity index (χ3v) is 3.14. The van der Waals surface area contributed by atoms with E-state index in [4.69, 9.17) is 0 Å². The number of carbonyl (C=O) groups is 2. The molecule has 2 aliphatic rings. The Balaban J connectivity index is 1.92. The molecule has 2 rings (SSSR count). The maximum atomic E-state index is 11.4. The monoisotopic (exact) mass is 166 g/mol. The topological polar surface area (TPSA) is 34.1 Å². The van der Waals surface area contributed by atoms with Gasteiger partial charge in [0.05, 0.1) is 0 Å². The molecule has 2 saturated carbocycles. The molecule has 4 unspecified atom stereocenters. The van der Waals surface area contributed by atoms with Gasteiger partial charge in [0.2, 0.25) is 11.6 Å². The van der Waals surface area contributed by atoms with Gasteiger partial charge in [-0.1, -0.05) is 13.8 Å². The van der Waals surface area contributed by atoms with Crippen LogP contribution in [0.2, 0.25) is 0 Å². The number of hydrogen-bond acceptors (Lipinski definition) is 2. The number of ketones is 2. The molecule has 4 atom stereocenters. The Kier molecular flexibility index (Phi) is 1.60. The van der Waals surface area contributed by atoms with Gasteiger partial charge in [-0.2, -0.15) is 0 Å². The molecular formula is C10H14O2. The van der Waals surface area contributed by atoms with Crippen LogP contribution in [0, 0.1) is 23.7 Å². The molecule has 0 aromatic heterocycles. The predicted molar refractivity (Wildman–Crippen MR) is 44.6 cm³/mol. The van der Waals surface area contributed by atoms with E-state index in [2.05, 4.69) is 0 Å². The minimum Gasteiger partial charge on any atom is -0.291 e. The average Bonchev–Trinajstić information content (AvgIpc) is 2.88. The van der Waals surface area contributed by atoms with Crippen LogP contribution in [0.4, 0.5) is 0 Å². The number of hydrogen-bond donors (Lipinski definition) is 0. The Labute approximate surface area is 72.3 Å². The molecule has 66 valence electrons. The molecule has 2 fully saturated rings. The summed E-state index contributed by atoms with van der Waals surface area (Å²) in [6, 6.07) is 0. The van der Waals surface area contributed by atoms with Crippen molar-refractivity contribution in [3.63, 3.8) is 0 Å². The first-order valence-electron chi connectivity index (χ1n) is 4.69. The lowest BCUT2D eigenvalue weighted by Crippen LogP contribution is -2.18. The van der Waals surface area contributed by atoms with Gasteiger partial charge < -0.3 is 0 Å². The van der Waals surface area contributed by atoms with Gasteiger partial charge in [-0.15, -0.1) is 0 Å². The summed E-state index contributed by atoms with van der Waals surface area (Å²) in [5.41, 5.74) is 0. The summed E-state index contributed by atoms with van der Waals surface area (Å²) >= 11 is 0. The maximum Gasteiger partial charge on any atom is 0.202 e. The van der Waals surface area contributed by atoms with Crippen LogP contribution < -0.4 is 0 Å². The molecule has 0 spiro atoms. The summed E-state index contributed by atoms with van der Waals surface area (Å²) in [6.45, 7) is 4.07. The van der Waals surface area contributed by atoms with Gasteiger partial charge in [-0.05, 0) is 24.7 Å². The van der Waals surface area contributed by atoms with Crippen molar-refractivity contribution < 1.29 is 9.59 Å². The van der Waals surface area contributed by atoms with Crippen molar-refractivity contribution >= 4 is 11.6 Å². The zero-order valence-corrected chi connectivity index (χ0v) is 7.54. The Hall–Kier alpha value is -0.660. The smallest absolute Gasteiger partial charge is 0.202 e. The van der Waals surface area contributed by atoms with E-state index in [1.54, 1.807) is 0 Å². The first-order valence-corrected chi connectivity index (χ1v) is 4.69. The van der Waals surface area contributed by atoms with Crippen LogP contribution in [0.25, 0.3) is 0 Å². The van der Waals surface area contributed by atoms with Crippen LogP contribution in [-0.2, 0) is 9.59 Å². The van der Waals surface area contributed by atoms with Crippen LogP contribution >= 0.6 is 0 Å². The third-order valence-electron chi connectivity index (χ3n) is 3.14. The Bertz CT molecular complexity index is 218. The second-order valence-electron chi connectivity index (χ2n) is 4.37. The molecular weight excluding hydrogens is 152 g/mol. The fourth-order valence-corrected chi connectivity index (χ4v) is 1.74. The first kappa shape index (κ1) is 7.96. The molecule has 0 aliphatic heterocycles. The molecule has 0 bridgehead atoms. The van der Waals surface area contributed by atoms with E-state index < -0.39 is 0 Å². The largest absolute Gasteiger partial charge is 0.291 e. The van der Waals surface area contributed by atoms with Crippen molar-refractivity contribution in [2.45, 2.75) is 26.7 Å².